The van der Waals surface area contributed by atoms with E-state index in [0.29, 0.717) is 5.69 Å². The van der Waals surface area contributed by atoms with E-state index in [0.717, 1.165) is 28.1 Å². The van der Waals surface area contributed by atoms with Crippen LogP contribution in [0.2, 0.25) is 0 Å². The molecular weight excluding hydrogens is 345 g/mol. The van der Waals surface area contributed by atoms with E-state index >= 15 is 0 Å². The molecule has 1 aliphatic heterocycles. The third kappa shape index (κ3) is 2.77. The van der Waals surface area contributed by atoms with Crippen molar-refractivity contribution in [2.45, 2.75) is 25.9 Å². The van der Waals surface area contributed by atoms with Gasteiger partial charge in [-0.15, -0.1) is 0 Å². The molecule has 3 aromatic rings. The number of aromatic amines is 1. The van der Waals surface area contributed by atoms with E-state index in [9.17, 15) is 9.18 Å². The quantitative estimate of drug-likeness (QED) is 0.755. The summed E-state index contributed by atoms with van der Waals surface area (Å²) in [5.74, 6) is 0.351. The highest BCUT2D eigenvalue weighted by molar-refractivity contribution is 6.00. The van der Waals surface area contributed by atoms with E-state index in [-0.39, 0.29) is 23.8 Å². The Bertz CT molecular complexity index is 978. The number of nitrogens with zero attached hydrogens (tertiary/aromatic N) is 2. The number of rotatable bonds is 4. The van der Waals surface area contributed by atoms with E-state index < -0.39 is 0 Å². The highest BCUT2D eigenvalue weighted by Gasteiger charge is 2.43. The minimum atomic E-state index is -0.316. The van der Waals surface area contributed by atoms with E-state index in [1.165, 1.54) is 12.1 Å². The first-order valence-electron chi connectivity index (χ1n) is 8.82. The maximum atomic E-state index is 13.4. The molecule has 1 aromatic heterocycles. The number of benzene rings is 2. The Balaban J connectivity index is 1.87. The molecule has 1 atom stereocenters. The predicted octanol–water partition coefficient (Wildman–Crippen LogP) is 4.18. The molecule has 1 unspecified atom stereocenters. The van der Waals surface area contributed by atoms with Crippen LogP contribution in [0.4, 0.5) is 4.39 Å². The molecule has 0 fully saturated rings. The third-order valence-electron chi connectivity index (χ3n) is 4.91. The monoisotopic (exact) mass is 365 g/mol. The third-order valence-corrected chi connectivity index (χ3v) is 4.91. The second-order valence-corrected chi connectivity index (χ2v) is 6.85. The van der Waals surface area contributed by atoms with Crippen LogP contribution in [-0.4, -0.2) is 34.2 Å². The first kappa shape index (κ1) is 17.3. The van der Waals surface area contributed by atoms with Crippen molar-refractivity contribution in [3.8, 4) is 17.0 Å². The summed E-state index contributed by atoms with van der Waals surface area (Å²) in [6, 6.07) is 13.5. The molecule has 2 aromatic carbocycles. The van der Waals surface area contributed by atoms with E-state index in [2.05, 4.69) is 10.2 Å². The van der Waals surface area contributed by atoms with Gasteiger partial charge in [-0.05, 0) is 55.8 Å². The van der Waals surface area contributed by atoms with Gasteiger partial charge in [-0.25, -0.2) is 4.39 Å². The molecular formula is C21H20FN3O2. The zero-order valence-corrected chi connectivity index (χ0v) is 15.4. The number of halogens is 1. The lowest BCUT2D eigenvalue weighted by Gasteiger charge is -2.29. The number of H-pyrrole nitrogens is 1. The fourth-order valence-corrected chi connectivity index (χ4v) is 3.64. The topological polar surface area (TPSA) is 58.2 Å². The van der Waals surface area contributed by atoms with Gasteiger partial charge in [0.2, 0.25) is 0 Å². The molecule has 1 N–H and O–H groups in total. The average Bonchev–Trinajstić information content (AvgIpc) is 3.22. The highest BCUT2D eigenvalue weighted by Crippen LogP contribution is 2.43. The Morgan fingerprint density at radius 2 is 1.78 bits per heavy atom. The Morgan fingerprint density at radius 1 is 1.11 bits per heavy atom. The van der Waals surface area contributed by atoms with Gasteiger partial charge in [0.1, 0.15) is 17.3 Å². The summed E-state index contributed by atoms with van der Waals surface area (Å²) in [7, 11) is 1.62. The van der Waals surface area contributed by atoms with Crippen LogP contribution < -0.4 is 4.74 Å². The smallest absolute Gasteiger partial charge is 0.273 e. The number of ether oxygens (including phenoxy) is 1. The number of aromatic nitrogens is 2. The predicted molar refractivity (Wildman–Crippen MR) is 100 cm³/mol. The summed E-state index contributed by atoms with van der Waals surface area (Å²) >= 11 is 0. The molecule has 0 aliphatic carbocycles. The van der Waals surface area contributed by atoms with Gasteiger partial charge in [0.25, 0.3) is 5.91 Å². The minimum Gasteiger partial charge on any atom is -0.497 e. The number of hydrogen-bond acceptors (Lipinski definition) is 3. The lowest BCUT2D eigenvalue weighted by molar-refractivity contribution is 0.0688. The molecule has 0 spiro atoms. The molecule has 0 saturated carbocycles. The molecule has 0 saturated heterocycles. The van der Waals surface area contributed by atoms with Crippen LogP contribution in [0.1, 0.15) is 41.5 Å². The fraction of sp³-hybridized carbons (Fsp3) is 0.238. The van der Waals surface area contributed by atoms with Gasteiger partial charge in [0.15, 0.2) is 0 Å². The SMILES string of the molecule is COc1ccc(-c2n[nH]c3c2C(c2ccc(F)cc2)N(C(C)C)C3=O)cc1. The van der Waals surface area contributed by atoms with Crippen LogP contribution in [0, 0.1) is 5.82 Å². The number of hydrogen-bond donors (Lipinski definition) is 1. The molecule has 0 bridgehead atoms. The van der Waals surface area contributed by atoms with Crippen molar-refractivity contribution in [3.05, 3.63) is 71.2 Å². The second-order valence-electron chi connectivity index (χ2n) is 6.85. The number of carbonyl (C=O) groups is 1. The Hall–Kier alpha value is -3.15. The highest BCUT2D eigenvalue weighted by atomic mass is 19.1. The zero-order valence-electron chi connectivity index (χ0n) is 15.4. The molecule has 27 heavy (non-hydrogen) atoms. The fourth-order valence-electron chi connectivity index (χ4n) is 3.64. The molecule has 1 aliphatic rings. The molecule has 6 heteroatoms. The van der Waals surface area contributed by atoms with Crippen molar-refractivity contribution in [3.63, 3.8) is 0 Å². The number of amides is 1. The number of methoxy groups -OCH3 is 1. The van der Waals surface area contributed by atoms with E-state index in [1.807, 2.05) is 43.0 Å². The van der Waals surface area contributed by atoms with Crippen LogP contribution in [0.25, 0.3) is 11.3 Å². The van der Waals surface area contributed by atoms with E-state index in [1.54, 1.807) is 19.2 Å². The number of nitrogens with one attached hydrogen (secondary N) is 1. The summed E-state index contributed by atoms with van der Waals surface area (Å²) in [6.45, 7) is 3.95. The van der Waals surface area contributed by atoms with Gasteiger partial charge in [0, 0.05) is 17.2 Å². The maximum Gasteiger partial charge on any atom is 0.273 e. The van der Waals surface area contributed by atoms with Gasteiger partial charge in [-0.1, -0.05) is 12.1 Å². The van der Waals surface area contributed by atoms with Crippen LogP contribution in [0.15, 0.2) is 48.5 Å². The minimum absolute atomic E-state index is 0.0166. The first-order valence-corrected chi connectivity index (χ1v) is 8.82. The van der Waals surface area contributed by atoms with Crippen LogP contribution in [0.3, 0.4) is 0 Å². The first-order chi connectivity index (χ1) is 13.0. The Labute approximate surface area is 156 Å². The summed E-state index contributed by atoms with van der Waals surface area (Å²) in [6.07, 6.45) is 0. The second kappa shape index (κ2) is 6.54. The normalized spacial score (nSPS) is 16.1. The van der Waals surface area contributed by atoms with Gasteiger partial charge in [0.05, 0.1) is 18.8 Å². The molecule has 0 radical (unpaired) electrons. The van der Waals surface area contributed by atoms with Gasteiger partial charge >= 0.3 is 0 Å². The Kier molecular flexibility index (Phi) is 4.18. The molecule has 4 rings (SSSR count). The lowest BCUT2D eigenvalue weighted by Crippen LogP contribution is -2.35. The Morgan fingerprint density at radius 3 is 2.37 bits per heavy atom. The van der Waals surface area contributed by atoms with Crippen molar-refractivity contribution in [2.24, 2.45) is 0 Å². The van der Waals surface area contributed by atoms with Crippen molar-refractivity contribution in [1.29, 1.82) is 0 Å². The van der Waals surface area contributed by atoms with Crippen LogP contribution in [-0.2, 0) is 0 Å². The maximum absolute atomic E-state index is 13.4. The number of carbonyl (C=O) groups excluding carboxylic acids is 1. The van der Waals surface area contributed by atoms with Crippen LogP contribution >= 0.6 is 0 Å². The standard InChI is InChI=1S/C21H20FN3O2/c1-12(2)25-20(14-4-8-15(22)9-5-14)17-18(23-24-19(17)21(25)26)13-6-10-16(27-3)11-7-13/h4-12,20H,1-3H3,(H,23,24). The van der Waals surface area contributed by atoms with Gasteiger partial charge in [-0.2, -0.15) is 5.10 Å². The van der Waals surface area contributed by atoms with Crippen LogP contribution in [0.5, 0.6) is 5.75 Å². The largest absolute Gasteiger partial charge is 0.497 e. The lowest BCUT2D eigenvalue weighted by atomic mass is 9.95. The molecule has 138 valence electrons. The van der Waals surface area contributed by atoms with Gasteiger partial charge in [-0.3, -0.25) is 9.89 Å². The molecule has 1 amide bonds. The van der Waals surface area contributed by atoms with Crippen molar-refractivity contribution in [1.82, 2.24) is 15.1 Å². The molecule has 2 heterocycles. The van der Waals surface area contributed by atoms with E-state index in [4.69, 9.17) is 4.74 Å². The summed E-state index contributed by atoms with van der Waals surface area (Å²) in [5.41, 5.74) is 3.78. The van der Waals surface area contributed by atoms with Gasteiger partial charge < -0.3 is 9.64 Å². The summed E-state index contributed by atoms with van der Waals surface area (Å²) in [5, 5.41) is 7.33. The number of fused-ring (bicyclic) bond motifs is 1. The van der Waals surface area contributed by atoms with Crippen molar-refractivity contribution in [2.75, 3.05) is 7.11 Å². The summed E-state index contributed by atoms with van der Waals surface area (Å²) < 4.78 is 18.7. The van der Waals surface area contributed by atoms with Crippen molar-refractivity contribution >= 4 is 5.91 Å². The zero-order chi connectivity index (χ0) is 19.1. The molecule has 5 nitrogen and oxygen atoms in total. The van der Waals surface area contributed by atoms with Crippen molar-refractivity contribution < 1.29 is 13.9 Å². The average molecular weight is 365 g/mol. The summed E-state index contributed by atoms with van der Waals surface area (Å²) in [4.78, 5) is 14.8.